The maximum atomic E-state index is 13.1. The first kappa shape index (κ1) is 24.2. The zero-order chi connectivity index (χ0) is 24.5. The number of aromatic nitrogens is 1. The van der Waals surface area contributed by atoms with Crippen molar-refractivity contribution in [1.29, 1.82) is 0 Å². The summed E-state index contributed by atoms with van der Waals surface area (Å²) in [6.45, 7) is 3.52. The van der Waals surface area contributed by atoms with Gasteiger partial charge in [-0.1, -0.05) is 26.0 Å². The summed E-state index contributed by atoms with van der Waals surface area (Å²) in [7, 11) is 0. The van der Waals surface area contributed by atoms with Crippen LogP contribution in [0.3, 0.4) is 0 Å². The Bertz CT molecular complexity index is 1100. The zero-order valence-electron chi connectivity index (χ0n) is 17.3. The third-order valence-electron chi connectivity index (χ3n) is 4.78. The fourth-order valence-corrected chi connectivity index (χ4v) is 3.99. The van der Waals surface area contributed by atoms with Crippen molar-refractivity contribution in [1.82, 2.24) is 15.2 Å². The van der Waals surface area contributed by atoms with Crippen LogP contribution >= 0.6 is 11.3 Å². The number of carboxylic acid groups (broad SMARTS) is 1. The molecule has 0 bridgehead atoms. The molecule has 4 amide bonds. The highest BCUT2D eigenvalue weighted by Gasteiger charge is 2.46. The van der Waals surface area contributed by atoms with Gasteiger partial charge in [-0.25, -0.2) is 19.5 Å². The van der Waals surface area contributed by atoms with E-state index in [9.17, 15) is 32.3 Å². The molecular weight excluding hydrogens is 465 g/mol. The van der Waals surface area contributed by atoms with E-state index in [1.807, 2.05) is 0 Å². The molecule has 2 heterocycles. The first-order chi connectivity index (χ1) is 15.4. The van der Waals surface area contributed by atoms with Crippen LogP contribution in [0.25, 0.3) is 0 Å². The minimum Gasteiger partial charge on any atom is -0.476 e. The van der Waals surface area contributed by atoms with Crippen LogP contribution in [-0.2, 0) is 15.8 Å². The maximum Gasteiger partial charge on any atom is 0.416 e. The average molecular weight is 484 g/mol. The number of anilines is 1. The summed E-state index contributed by atoms with van der Waals surface area (Å²) in [5.74, 6) is -3.07. The van der Waals surface area contributed by atoms with Gasteiger partial charge < -0.3 is 15.7 Å². The maximum absolute atomic E-state index is 13.1. The molecule has 9 nitrogen and oxygen atoms in total. The van der Waals surface area contributed by atoms with Gasteiger partial charge in [-0.15, -0.1) is 11.3 Å². The van der Waals surface area contributed by atoms with Crippen molar-refractivity contribution in [3.63, 3.8) is 0 Å². The molecule has 2 atom stereocenters. The number of nitrogens with one attached hydrogen (secondary N) is 2. The molecule has 33 heavy (non-hydrogen) atoms. The molecule has 13 heteroatoms. The predicted molar refractivity (Wildman–Crippen MR) is 111 cm³/mol. The Balaban J connectivity index is 1.87. The Morgan fingerprint density at radius 3 is 2.58 bits per heavy atom. The standard InChI is InChI=1S/C20H19F3N4O5S/c1-9(2)6-13(15(28)26-18-24-12(8-33-18)17(30)31)27-16(29)14(25-19(27)32)10-4-3-5-11(7-10)20(21,22)23/h3-5,7-9,13-14H,6H2,1-2H3,(H,25,32)(H,30,31)(H,24,26,28)/t13-,14?/m0/s1. The minimum atomic E-state index is -4.63. The van der Waals surface area contributed by atoms with Crippen molar-refractivity contribution in [2.75, 3.05) is 5.32 Å². The Labute approximate surface area is 189 Å². The molecule has 3 rings (SSSR count). The van der Waals surface area contributed by atoms with Crippen molar-refractivity contribution in [2.24, 2.45) is 5.92 Å². The van der Waals surface area contributed by atoms with Crippen LogP contribution in [0.4, 0.5) is 23.1 Å². The zero-order valence-corrected chi connectivity index (χ0v) is 18.2. The molecule has 176 valence electrons. The third kappa shape index (κ3) is 5.30. The third-order valence-corrected chi connectivity index (χ3v) is 5.54. The second-order valence-corrected chi connectivity index (χ2v) is 8.55. The number of thiazole rings is 1. The number of aromatic carboxylic acids is 1. The number of urea groups is 1. The summed E-state index contributed by atoms with van der Waals surface area (Å²) < 4.78 is 39.2. The summed E-state index contributed by atoms with van der Waals surface area (Å²) in [6.07, 6.45) is -4.57. The number of hydrogen-bond donors (Lipinski definition) is 3. The van der Waals surface area contributed by atoms with Crippen molar-refractivity contribution in [3.8, 4) is 0 Å². The Hall–Kier alpha value is -3.48. The monoisotopic (exact) mass is 484 g/mol. The fraction of sp³-hybridized carbons (Fsp3) is 0.350. The van der Waals surface area contributed by atoms with Gasteiger partial charge >= 0.3 is 18.2 Å². The summed E-state index contributed by atoms with van der Waals surface area (Å²) in [6, 6.07) is 0.423. The lowest BCUT2D eigenvalue weighted by atomic mass is 10.00. The molecule has 3 N–H and O–H groups in total. The molecule has 0 radical (unpaired) electrons. The van der Waals surface area contributed by atoms with Crippen molar-refractivity contribution >= 4 is 40.3 Å². The molecule has 1 unspecified atom stereocenters. The van der Waals surface area contributed by atoms with Gasteiger partial charge in [0, 0.05) is 5.38 Å². The van der Waals surface area contributed by atoms with Crippen molar-refractivity contribution in [3.05, 3.63) is 46.5 Å². The van der Waals surface area contributed by atoms with E-state index in [4.69, 9.17) is 5.11 Å². The van der Waals surface area contributed by atoms with E-state index >= 15 is 0 Å². The molecule has 0 spiro atoms. The van der Waals surface area contributed by atoms with E-state index in [2.05, 4.69) is 15.6 Å². The van der Waals surface area contributed by atoms with E-state index in [1.54, 1.807) is 13.8 Å². The van der Waals surface area contributed by atoms with E-state index in [1.165, 1.54) is 11.4 Å². The van der Waals surface area contributed by atoms with Gasteiger partial charge in [0.2, 0.25) is 5.91 Å². The van der Waals surface area contributed by atoms with Crippen LogP contribution in [0.1, 0.15) is 47.9 Å². The van der Waals surface area contributed by atoms with Gasteiger partial charge in [0.25, 0.3) is 5.91 Å². The van der Waals surface area contributed by atoms with Gasteiger partial charge in [-0.05, 0) is 30.0 Å². The Morgan fingerprint density at radius 2 is 2.00 bits per heavy atom. The van der Waals surface area contributed by atoms with Gasteiger partial charge in [0.1, 0.15) is 12.1 Å². The van der Waals surface area contributed by atoms with Crippen LogP contribution < -0.4 is 10.6 Å². The van der Waals surface area contributed by atoms with Crippen LogP contribution in [0.15, 0.2) is 29.6 Å². The second kappa shape index (κ2) is 9.17. The predicted octanol–water partition coefficient (Wildman–Crippen LogP) is 3.51. The number of imide groups is 1. The molecular formula is C20H19F3N4O5S. The van der Waals surface area contributed by atoms with Crippen LogP contribution in [0.2, 0.25) is 0 Å². The Kier molecular flexibility index (Phi) is 6.72. The van der Waals surface area contributed by atoms with E-state index in [-0.39, 0.29) is 28.7 Å². The van der Waals surface area contributed by atoms with Crippen molar-refractivity contribution < 1.29 is 37.5 Å². The number of benzene rings is 1. The van der Waals surface area contributed by atoms with Gasteiger partial charge in [-0.2, -0.15) is 13.2 Å². The smallest absolute Gasteiger partial charge is 0.416 e. The number of alkyl halides is 3. The topological polar surface area (TPSA) is 129 Å². The fourth-order valence-electron chi connectivity index (χ4n) is 3.30. The summed E-state index contributed by atoms with van der Waals surface area (Å²) >= 11 is 0.853. The number of halogens is 3. The molecule has 2 aromatic rings. The first-order valence-corrected chi connectivity index (χ1v) is 10.6. The number of amides is 4. The quantitative estimate of drug-likeness (QED) is 0.516. The molecule has 1 aliphatic rings. The molecule has 1 aromatic heterocycles. The number of nitrogens with zero attached hydrogens (tertiary/aromatic N) is 2. The average Bonchev–Trinajstić information content (AvgIpc) is 3.30. The summed E-state index contributed by atoms with van der Waals surface area (Å²) in [4.78, 5) is 54.0. The van der Waals surface area contributed by atoms with E-state index < -0.39 is 47.6 Å². The number of carbonyl (C=O) groups excluding carboxylic acids is 3. The first-order valence-electron chi connectivity index (χ1n) is 9.69. The van der Waals surface area contributed by atoms with Gasteiger partial charge in [0.05, 0.1) is 5.56 Å². The molecule has 1 saturated heterocycles. The van der Waals surface area contributed by atoms with Crippen LogP contribution in [0, 0.1) is 5.92 Å². The molecule has 1 fully saturated rings. The largest absolute Gasteiger partial charge is 0.476 e. The highest BCUT2D eigenvalue weighted by Crippen LogP contribution is 2.33. The minimum absolute atomic E-state index is 0.0346. The normalized spacial score (nSPS) is 17.3. The molecule has 0 aliphatic carbocycles. The van der Waals surface area contributed by atoms with Crippen molar-refractivity contribution in [2.45, 2.75) is 38.5 Å². The summed E-state index contributed by atoms with van der Waals surface area (Å²) in [5.41, 5.74) is -1.33. The number of rotatable bonds is 7. The van der Waals surface area contributed by atoms with Crippen LogP contribution in [-0.4, -0.2) is 44.8 Å². The highest BCUT2D eigenvalue weighted by atomic mass is 32.1. The second-order valence-electron chi connectivity index (χ2n) is 7.69. The molecule has 0 saturated carbocycles. The van der Waals surface area contributed by atoms with Gasteiger partial charge in [-0.3, -0.25) is 9.59 Å². The lowest BCUT2D eigenvalue weighted by Gasteiger charge is -2.25. The van der Waals surface area contributed by atoms with Gasteiger partial charge in [0.15, 0.2) is 10.8 Å². The van der Waals surface area contributed by atoms with E-state index in [0.29, 0.717) is 4.90 Å². The highest BCUT2D eigenvalue weighted by molar-refractivity contribution is 7.14. The lowest BCUT2D eigenvalue weighted by Crippen LogP contribution is -2.48. The van der Waals surface area contributed by atoms with E-state index in [0.717, 1.165) is 29.5 Å². The Morgan fingerprint density at radius 1 is 1.30 bits per heavy atom. The lowest BCUT2D eigenvalue weighted by molar-refractivity contribution is -0.138. The number of carbonyl (C=O) groups is 4. The number of hydrogen-bond acceptors (Lipinski definition) is 6. The van der Waals surface area contributed by atoms with Crippen LogP contribution in [0.5, 0.6) is 0 Å². The SMILES string of the molecule is CC(C)C[C@@H](C(=O)Nc1nc(C(=O)O)cs1)N1C(=O)NC(c2cccc(C(F)(F)F)c2)C1=O. The molecule has 1 aliphatic heterocycles. The molecule has 1 aromatic carbocycles. The summed E-state index contributed by atoms with van der Waals surface area (Å²) in [5, 5.41) is 14.9. The number of carboxylic acids is 1.